The van der Waals surface area contributed by atoms with E-state index in [1.165, 1.54) is 0 Å². The molecule has 0 saturated heterocycles. The number of aromatic nitrogens is 2. The molecule has 0 aliphatic rings. The Labute approximate surface area is 91.0 Å². The fraction of sp³-hybridized carbons (Fsp3) is 0.250. The molecule has 1 heterocycles. The Morgan fingerprint density at radius 2 is 1.93 bits per heavy atom. The van der Waals surface area contributed by atoms with E-state index in [1.807, 2.05) is 28.8 Å². The molecule has 0 bridgehead atoms. The van der Waals surface area contributed by atoms with Gasteiger partial charge in [0.25, 0.3) is 0 Å². The number of rotatable bonds is 0. The lowest BCUT2D eigenvalue weighted by Gasteiger charge is -2.03. The third-order valence-corrected chi connectivity index (χ3v) is 2.87. The molecule has 1 aromatic carbocycles. The highest BCUT2D eigenvalue weighted by Gasteiger charge is 2.08. The third kappa shape index (κ3) is 2.28. The first-order chi connectivity index (χ1) is 7.06. The van der Waals surface area contributed by atoms with Crippen molar-refractivity contribution in [2.45, 2.75) is 19.6 Å². The molecule has 0 unspecified atom stereocenters. The van der Waals surface area contributed by atoms with Gasteiger partial charge in [0.15, 0.2) is 0 Å². The Bertz CT molecular complexity index is 538. The van der Waals surface area contributed by atoms with E-state index < -0.39 is 8.07 Å². The maximum absolute atomic E-state index is 4.30. The Morgan fingerprint density at radius 1 is 1.20 bits per heavy atom. The summed E-state index contributed by atoms with van der Waals surface area (Å²) in [6, 6.07) is 11.2. The Kier molecular flexibility index (Phi) is 2.37. The predicted molar refractivity (Wildman–Crippen MR) is 66.3 cm³/mol. The van der Waals surface area contributed by atoms with Gasteiger partial charge in [0.05, 0.1) is 11.0 Å². The summed E-state index contributed by atoms with van der Waals surface area (Å²) in [5.41, 5.74) is 5.42. The fourth-order valence-electron chi connectivity index (χ4n) is 1.28. The normalized spacial score (nSPS) is 11.1. The van der Waals surface area contributed by atoms with Crippen molar-refractivity contribution in [2.75, 3.05) is 0 Å². The van der Waals surface area contributed by atoms with Crippen LogP contribution < -0.4 is 0 Å². The Hall–Kier alpha value is -1.53. The predicted octanol–water partition coefficient (Wildman–Crippen LogP) is 2.72. The third-order valence-electron chi connectivity index (χ3n) is 2.00. The van der Waals surface area contributed by atoms with Gasteiger partial charge < -0.3 is 0 Å². The van der Waals surface area contributed by atoms with Crippen molar-refractivity contribution in [3.8, 4) is 11.6 Å². The van der Waals surface area contributed by atoms with Gasteiger partial charge in [-0.15, -0.1) is 5.54 Å². The van der Waals surface area contributed by atoms with E-state index in [1.54, 1.807) is 6.33 Å². The number of hydrogen-bond donors (Lipinski definition) is 0. The first-order valence-electron chi connectivity index (χ1n) is 5.01. The molecular formula is C12H14N2Si. The van der Waals surface area contributed by atoms with Gasteiger partial charge in [-0.2, -0.15) is 0 Å². The molecule has 0 N–H and O–H groups in total. The molecule has 2 aromatic rings. The lowest BCUT2D eigenvalue weighted by atomic mass is 10.3. The first-order valence-corrected chi connectivity index (χ1v) is 8.51. The van der Waals surface area contributed by atoms with Crippen LogP contribution in [0.3, 0.4) is 0 Å². The average Bonchev–Trinajstić information content (AvgIpc) is 2.57. The van der Waals surface area contributed by atoms with E-state index in [-0.39, 0.29) is 0 Å². The Balaban J connectivity index is 2.48. The van der Waals surface area contributed by atoms with Crippen LogP contribution in [0.25, 0.3) is 11.0 Å². The molecule has 0 atom stereocenters. The maximum Gasteiger partial charge on any atom is 0.131 e. The summed E-state index contributed by atoms with van der Waals surface area (Å²) in [6.07, 6.45) is 1.79. The average molecular weight is 214 g/mol. The van der Waals surface area contributed by atoms with Gasteiger partial charge in [-0.05, 0) is 12.1 Å². The van der Waals surface area contributed by atoms with Crippen LogP contribution in [0.1, 0.15) is 0 Å². The summed E-state index contributed by atoms with van der Waals surface area (Å²) in [7, 11) is -1.31. The lowest BCUT2D eigenvalue weighted by Crippen LogP contribution is -2.16. The highest BCUT2D eigenvalue weighted by atomic mass is 28.3. The van der Waals surface area contributed by atoms with E-state index >= 15 is 0 Å². The number of nitrogens with zero attached hydrogens (tertiary/aromatic N) is 2. The van der Waals surface area contributed by atoms with Crippen molar-refractivity contribution in [3.05, 3.63) is 30.6 Å². The van der Waals surface area contributed by atoms with E-state index in [9.17, 15) is 0 Å². The quantitative estimate of drug-likeness (QED) is 0.487. The summed E-state index contributed by atoms with van der Waals surface area (Å²) < 4.78 is 1.91. The summed E-state index contributed by atoms with van der Waals surface area (Å²) in [4.78, 5) is 4.30. The molecular weight excluding hydrogens is 200 g/mol. The molecule has 0 radical (unpaired) electrons. The number of fused-ring (bicyclic) bond motifs is 1. The van der Waals surface area contributed by atoms with Gasteiger partial charge >= 0.3 is 0 Å². The van der Waals surface area contributed by atoms with Crippen LogP contribution in [0.4, 0.5) is 0 Å². The van der Waals surface area contributed by atoms with Crippen LogP contribution in [0.5, 0.6) is 0 Å². The second kappa shape index (κ2) is 3.56. The van der Waals surface area contributed by atoms with Gasteiger partial charge in [-0.25, -0.2) is 4.98 Å². The van der Waals surface area contributed by atoms with Gasteiger partial charge in [0.1, 0.15) is 14.4 Å². The van der Waals surface area contributed by atoms with Crippen molar-refractivity contribution in [1.29, 1.82) is 0 Å². The number of benzene rings is 1. The number of para-hydroxylation sites is 2. The molecule has 0 amide bonds. The summed E-state index contributed by atoms with van der Waals surface area (Å²) >= 11 is 0. The molecule has 2 rings (SSSR count). The molecule has 1 aromatic heterocycles. The van der Waals surface area contributed by atoms with Crippen LogP contribution >= 0.6 is 0 Å². The molecule has 76 valence electrons. The summed E-state index contributed by atoms with van der Waals surface area (Å²) in [5.74, 6) is 0. The molecule has 3 heteroatoms. The minimum absolute atomic E-state index is 1.00. The summed E-state index contributed by atoms with van der Waals surface area (Å²) in [5, 5.41) is 0. The van der Waals surface area contributed by atoms with Gasteiger partial charge in [0.2, 0.25) is 0 Å². The largest absolute Gasteiger partial charge is 0.258 e. The van der Waals surface area contributed by atoms with E-state index in [4.69, 9.17) is 0 Å². The van der Waals surface area contributed by atoms with Crippen LogP contribution in [-0.4, -0.2) is 17.6 Å². The molecule has 0 saturated carbocycles. The summed E-state index contributed by atoms with van der Waals surface area (Å²) in [6.45, 7) is 6.71. The van der Waals surface area contributed by atoms with Gasteiger partial charge in [-0.1, -0.05) is 31.8 Å². The van der Waals surface area contributed by atoms with Crippen molar-refractivity contribution in [2.24, 2.45) is 0 Å². The van der Waals surface area contributed by atoms with E-state index in [2.05, 4.69) is 36.2 Å². The van der Waals surface area contributed by atoms with Crippen molar-refractivity contribution in [3.63, 3.8) is 0 Å². The SMILES string of the molecule is C[Si](C)(C)C#Cn1cnc2ccccc21. The minimum atomic E-state index is -1.31. The Morgan fingerprint density at radius 3 is 2.67 bits per heavy atom. The molecule has 0 aliphatic heterocycles. The van der Waals surface area contributed by atoms with Gasteiger partial charge in [0, 0.05) is 6.04 Å². The molecule has 2 nitrogen and oxygen atoms in total. The number of hydrogen-bond acceptors (Lipinski definition) is 1. The van der Waals surface area contributed by atoms with Crippen LogP contribution in [-0.2, 0) is 0 Å². The van der Waals surface area contributed by atoms with E-state index in [0.717, 1.165) is 11.0 Å². The van der Waals surface area contributed by atoms with Gasteiger partial charge in [-0.3, -0.25) is 4.57 Å². The minimum Gasteiger partial charge on any atom is -0.258 e. The fourth-order valence-corrected chi connectivity index (χ4v) is 1.73. The smallest absolute Gasteiger partial charge is 0.131 e. The highest BCUT2D eigenvalue weighted by molar-refractivity contribution is 6.83. The first kappa shape index (κ1) is 10.0. The molecule has 0 aliphatic carbocycles. The second-order valence-electron chi connectivity index (χ2n) is 4.59. The van der Waals surface area contributed by atoms with E-state index in [0.29, 0.717) is 0 Å². The standard InChI is InChI=1S/C12H14N2Si/c1-15(2,3)9-8-14-10-13-11-6-4-5-7-12(11)14/h4-7,10H,1-3H3. The second-order valence-corrected chi connectivity index (χ2v) is 9.34. The zero-order valence-corrected chi connectivity index (χ0v) is 10.3. The number of imidazole rings is 1. The van der Waals surface area contributed by atoms with Crippen LogP contribution in [0.15, 0.2) is 30.6 Å². The molecule has 0 fully saturated rings. The van der Waals surface area contributed by atoms with Crippen molar-refractivity contribution in [1.82, 2.24) is 9.55 Å². The van der Waals surface area contributed by atoms with Crippen LogP contribution in [0.2, 0.25) is 19.6 Å². The topological polar surface area (TPSA) is 17.8 Å². The zero-order chi connectivity index (χ0) is 10.9. The molecule has 15 heavy (non-hydrogen) atoms. The van der Waals surface area contributed by atoms with Crippen LogP contribution in [0, 0.1) is 11.6 Å². The van der Waals surface area contributed by atoms with Crippen molar-refractivity contribution >= 4 is 19.1 Å². The highest BCUT2D eigenvalue weighted by Crippen LogP contribution is 2.10. The lowest BCUT2D eigenvalue weighted by molar-refractivity contribution is 1.15. The maximum atomic E-state index is 4.30. The molecule has 0 spiro atoms. The monoisotopic (exact) mass is 214 g/mol. The van der Waals surface area contributed by atoms with Crippen molar-refractivity contribution < 1.29 is 0 Å². The zero-order valence-electron chi connectivity index (χ0n) is 9.28.